The summed E-state index contributed by atoms with van der Waals surface area (Å²) in [7, 11) is 0. The Hall–Kier alpha value is -3.48. The highest BCUT2D eigenvalue weighted by molar-refractivity contribution is 6.02. The van der Waals surface area contributed by atoms with Crippen molar-refractivity contribution < 1.29 is 14.0 Å². The lowest BCUT2D eigenvalue weighted by Gasteiger charge is -2.12. The zero-order chi connectivity index (χ0) is 18.9. The normalized spacial score (nSPS) is 12.4. The Morgan fingerprint density at radius 2 is 1.96 bits per heavy atom. The van der Waals surface area contributed by atoms with Gasteiger partial charge in [-0.05, 0) is 29.8 Å². The second-order valence-electron chi connectivity index (χ2n) is 5.57. The van der Waals surface area contributed by atoms with Crippen LogP contribution < -0.4 is 4.74 Å². The molecule has 0 radical (unpaired) electrons. The SMILES string of the molecule is C=CCON=C(c1ccc(OCc2ccccc2)cc1)C(F)n1cncn1. The Morgan fingerprint density at radius 1 is 1.19 bits per heavy atom. The summed E-state index contributed by atoms with van der Waals surface area (Å²) < 4.78 is 21.6. The summed E-state index contributed by atoms with van der Waals surface area (Å²) in [6.45, 7) is 4.18. The van der Waals surface area contributed by atoms with Gasteiger partial charge in [-0.1, -0.05) is 48.1 Å². The minimum atomic E-state index is -1.63. The molecule has 0 aliphatic heterocycles. The summed E-state index contributed by atoms with van der Waals surface area (Å²) in [4.78, 5) is 8.85. The van der Waals surface area contributed by atoms with Crippen LogP contribution in [-0.2, 0) is 11.4 Å². The maximum atomic E-state index is 14.8. The third kappa shape index (κ3) is 5.01. The smallest absolute Gasteiger partial charge is 0.239 e. The van der Waals surface area contributed by atoms with Gasteiger partial charge in [0.05, 0.1) is 0 Å². The zero-order valence-corrected chi connectivity index (χ0v) is 14.6. The molecule has 1 heterocycles. The number of benzene rings is 2. The van der Waals surface area contributed by atoms with Crippen LogP contribution in [0.2, 0.25) is 0 Å². The maximum Gasteiger partial charge on any atom is 0.239 e. The van der Waals surface area contributed by atoms with Crippen LogP contribution in [0.1, 0.15) is 17.4 Å². The maximum absolute atomic E-state index is 14.8. The van der Waals surface area contributed by atoms with Crippen molar-refractivity contribution in [3.63, 3.8) is 0 Å². The summed E-state index contributed by atoms with van der Waals surface area (Å²) in [5.41, 5.74) is 1.70. The predicted molar refractivity (Wildman–Crippen MR) is 100 cm³/mol. The molecule has 0 amide bonds. The average molecular weight is 366 g/mol. The highest BCUT2D eigenvalue weighted by Gasteiger charge is 2.21. The summed E-state index contributed by atoms with van der Waals surface area (Å²) in [5.74, 6) is 0.671. The standard InChI is InChI=1S/C20H19FN4O2/c1-2-12-27-24-19(20(21)25-15-22-14-23-25)17-8-10-18(11-9-17)26-13-16-6-4-3-5-7-16/h2-11,14-15,20H,1,12-13H2. The van der Waals surface area contributed by atoms with Gasteiger partial charge in [-0.3, -0.25) is 0 Å². The number of oxime groups is 1. The molecule has 1 atom stereocenters. The van der Waals surface area contributed by atoms with E-state index < -0.39 is 6.30 Å². The fraction of sp³-hybridized carbons (Fsp3) is 0.150. The molecule has 0 bridgehead atoms. The van der Waals surface area contributed by atoms with Gasteiger partial charge in [0.2, 0.25) is 6.30 Å². The summed E-state index contributed by atoms with van der Waals surface area (Å²) >= 11 is 0. The predicted octanol–water partition coefficient (Wildman–Crippen LogP) is 3.93. The third-order valence-corrected chi connectivity index (χ3v) is 3.65. The highest BCUT2D eigenvalue weighted by Crippen LogP contribution is 2.20. The van der Waals surface area contributed by atoms with E-state index in [2.05, 4.69) is 21.8 Å². The number of ether oxygens (including phenoxy) is 1. The molecule has 0 saturated heterocycles. The Balaban J connectivity index is 1.74. The summed E-state index contributed by atoms with van der Waals surface area (Å²) in [5, 5.41) is 7.72. The minimum absolute atomic E-state index is 0.0805. The second-order valence-corrected chi connectivity index (χ2v) is 5.57. The van der Waals surface area contributed by atoms with Crippen LogP contribution in [0.25, 0.3) is 0 Å². The first-order chi connectivity index (χ1) is 13.3. The van der Waals surface area contributed by atoms with Crippen LogP contribution in [-0.4, -0.2) is 27.1 Å². The lowest BCUT2D eigenvalue weighted by Crippen LogP contribution is -2.17. The van der Waals surface area contributed by atoms with Gasteiger partial charge < -0.3 is 9.57 Å². The van der Waals surface area contributed by atoms with Crippen molar-refractivity contribution in [3.05, 3.63) is 91.0 Å². The monoisotopic (exact) mass is 366 g/mol. The van der Waals surface area contributed by atoms with Crippen molar-refractivity contribution in [1.29, 1.82) is 0 Å². The van der Waals surface area contributed by atoms with Gasteiger partial charge in [0.25, 0.3) is 0 Å². The number of halogens is 1. The van der Waals surface area contributed by atoms with Crippen LogP contribution in [0.3, 0.4) is 0 Å². The minimum Gasteiger partial charge on any atom is -0.489 e. The second kappa shape index (κ2) is 9.28. The average Bonchev–Trinajstić information content (AvgIpc) is 3.26. The topological polar surface area (TPSA) is 61.5 Å². The van der Waals surface area contributed by atoms with E-state index >= 15 is 0 Å². The van der Waals surface area contributed by atoms with Gasteiger partial charge in [0.15, 0.2) is 0 Å². The number of alkyl halides is 1. The number of rotatable bonds is 9. The molecule has 27 heavy (non-hydrogen) atoms. The van der Waals surface area contributed by atoms with E-state index in [1.165, 1.54) is 18.7 Å². The first-order valence-electron chi connectivity index (χ1n) is 8.34. The molecule has 0 saturated carbocycles. The van der Waals surface area contributed by atoms with Crippen LogP contribution >= 0.6 is 0 Å². The molecule has 6 nitrogen and oxygen atoms in total. The van der Waals surface area contributed by atoms with E-state index in [1.54, 1.807) is 24.3 Å². The van der Waals surface area contributed by atoms with Gasteiger partial charge in [0, 0.05) is 5.56 Å². The molecule has 3 rings (SSSR count). The molecular weight excluding hydrogens is 347 g/mol. The number of nitrogens with zero attached hydrogens (tertiary/aromatic N) is 4. The Morgan fingerprint density at radius 3 is 2.63 bits per heavy atom. The van der Waals surface area contributed by atoms with Crippen molar-refractivity contribution in [2.24, 2.45) is 5.16 Å². The van der Waals surface area contributed by atoms with Crippen molar-refractivity contribution in [2.75, 3.05) is 6.61 Å². The third-order valence-electron chi connectivity index (χ3n) is 3.65. The molecule has 0 fully saturated rings. The Kier molecular flexibility index (Phi) is 6.30. The number of hydrogen-bond donors (Lipinski definition) is 0. The molecular formula is C20H19FN4O2. The van der Waals surface area contributed by atoms with E-state index in [0.717, 1.165) is 10.2 Å². The molecule has 0 aliphatic carbocycles. The van der Waals surface area contributed by atoms with Crippen molar-refractivity contribution in [2.45, 2.75) is 12.9 Å². The number of aromatic nitrogens is 3. The molecule has 1 aromatic heterocycles. The van der Waals surface area contributed by atoms with E-state index in [1.807, 2.05) is 30.3 Å². The number of hydrogen-bond acceptors (Lipinski definition) is 5. The first-order valence-corrected chi connectivity index (χ1v) is 8.34. The zero-order valence-electron chi connectivity index (χ0n) is 14.6. The Bertz CT molecular complexity index is 865. The molecule has 138 valence electrons. The fourth-order valence-corrected chi connectivity index (χ4v) is 2.32. The van der Waals surface area contributed by atoms with Gasteiger partial charge in [-0.25, -0.2) is 14.1 Å². The molecule has 3 aromatic rings. The van der Waals surface area contributed by atoms with Gasteiger partial charge in [0.1, 0.15) is 37.3 Å². The lowest BCUT2D eigenvalue weighted by molar-refractivity contribution is 0.168. The Labute approximate surface area is 156 Å². The van der Waals surface area contributed by atoms with Crippen LogP contribution in [0.5, 0.6) is 5.75 Å². The first kappa shape index (κ1) is 18.3. The van der Waals surface area contributed by atoms with Crippen molar-refractivity contribution >= 4 is 5.71 Å². The largest absolute Gasteiger partial charge is 0.489 e. The highest BCUT2D eigenvalue weighted by atomic mass is 19.1. The van der Waals surface area contributed by atoms with Gasteiger partial charge in [-0.2, -0.15) is 5.10 Å². The fourth-order valence-electron chi connectivity index (χ4n) is 2.32. The van der Waals surface area contributed by atoms with Crippen molar-refractivity contribution in [1.82, 2.24) is 14.8 Å². The molecule has 0 N–H and O–H groups in total. The van der Waals surface area contributed by atoms with Crippen molar-refractivity contribution in [3.8, 4) is 5.75 Å². The summed E-state index contributed by atoms with van der Waals surface area (Å²) in [6.07, 6.45) is 2.44. The van der Waals surface area contributed by atoms with Crippen LogP contribution in [0.15, 0.2) is 85.1 Å². The molecule has 0 aliphatic rings. The van der Waals surface area contributed by atoms with Gasteiger partial charge in [-0.15, -0.1) is 0 Å². The van der Waals surface area contributed by atoms with Crippen LogP contribution in [0.4, 0.5) is 4.39 Å². The van der Waals surface area contributed by atoms with Crippen LogP contribution in [0, 0.1) is 0 Å². The molecule has 1 unspecified atom stereocenters. The lowest BCUT2D eigenvalue weighted by atomic mass is 10.1. The van der Waals surface area contributed by atoms with E-state index in [-0.39, 0.29) is 12.3 Å². The van der Waals surface area contributed by atoms with E-state index in [0.29, 0.717) is 17.9 Å². The molecule has 2 aromatic carbocycles. The van der Waals surface area contributed by atoms with E-state index in [9.17, 15) is 4.39 Å². The summed E-state index contributed by atoms with van der Waals surface area (Å²) in [6, 6.07) is 16.8. The van der Waals surface area contributed by atoms with E-state index in [4.69, 9.17) is 9.57 Å². The quantitative estimate of drug-likeness (QED) is 0.249. The molecule has 7 heteroatoms. The molecule has 0 spiro atoms. The van der Waals surface area contributed by atoms with Gasteiger partial charge >= 0.3 is 0 Å².